The monoisotopic (exact) mass is 410 g/mol. The number of allylic oxidation sites excluding steroid dienone is 2. The number of unbranched alkanes of at least 4 members (excludes halogenated alkanes) is 9. The summed E-state index contributed by atoms with van der Waals surface area (Å²) in [6.45, 7) is 1.46. The Morgan fingerprint density at radius 3 is 1.66 bits per heavy atom. The van der Waals surface area contributed by atoms with E-state index in [-0.39, 0.29) is 12.2 Å². The smallest absolute Gasteiger partial charge is 0.303 e. The molecular formula is C24H42O5. The highest BCUT2D eigenvalue weighted by atomic mass is 16.4. The summed E-state index contributed by atoms with van der Waals surface area (Å²) >= 11 is 0. The molecule has 0 saturated heterocycles. The Bertz CT molecular complexity index is 456. The minimum absolute atomic E-state index is 0.0521. The van der Waals surface area contributed by atoms with Crippen molar-refractivity contribution in [1.29, 1.82) is 0 Å². The second-order valence-electron chi connectivity index (χ2n) is 8.18. The van der Waals surface area contributed by atoms with Gasteiger partial charge in [-0.15, -0.1) is 0 Å². The Labute approximate surface area is 177 Å². The Kier molecular flexibility index (Phi) is 18.5. The van der Waals surface area contributed by atoms with E-state index in [9.17, 15) is 14.4 Å². The zero-order valence-corrected chi connectivity index (χ0v) is 18.4. The first-order chi connectivity index (χ1) is 13.9. The number of hydrogen-bond acceptors (Lipinski definition) is 3. The molecule has 1 rings (SSSR count). The van der Waals surface area contributed by atoms with Crippen LogP contribution in [-0.4, -0.2) is 27.9 Å². The van der Waals surface area contributed by atoms with Gasteiger partial charge in [-0.1, -0.05) is 69.9 Å². The van der Waals surface area contributed by atoms with Crippen molar-refractivity contribution in [3.63, 3.8) is 0 Å². The van der Waals surface area contributed by atoms with Gasteiger partial charge in [0.15, 0.2) is 0 Å². The fraction of sp³-hybridized carbons (Fsp3) is 0.792. The molecule has 0 bridgehead atoms. The van der Waals surface area contributed by atoms with Gasteiger partial charge in [-0.2, -0.15) is 0 Å². The van der Waals surface area contributed by atoms with Gasteiger partial charge in [-0.05, 0) is 44.9 Å². The molecule has 1 unspecified atom stereocenters. The Balaban J connectivity index is 0.000000734. The Morgan fingerprint density at radius 2 is 1.21 bits per heavy atom. The molecule has 0 amide bonds. The normalized spacial score (nSPS) is 15.0. The minimum Gasteiger partial charge on any atom is -0.481 e. The maximum Gasteiger partial charge on any atom is 0.303 e. The van der Waals surface area contributed by atoms with Gasteiger partial charge in [0.1, 0.15) is 5.78 Å². The first kappa shape index (κ1) is 27.4. The number of hydrogen-bond donors (Lipinski definition) is 2. The third kappa shape index (κ3) is 22.5. The van der Waals surface area contributed by atoms with Crippen molar-refractivity contribution in [2.75, 3.05) is 0 Å². The van der Waals surface area contributed by atoms with E-state index < -0.39 is 11.9 Å². The highest BCUT2D eigenvalue weighted by molar-refractivity contribution is 5.76. The van der Waals surface area contributed by atoms with E-state index in [1.54, 1.807) is 0 Å². The third-order valence-electron chi connectivity index (χ3n) is 5.25. The number of carboxylic acid groups (broad SMARTS) is 2. The highest BCUT2D eigenvalue weighted by Gasteiger charge is 2.07. The zero-order valence-electron chi connectivity index (χ0n) is 18.4. The Hall–Kier alpha value is -1.65. The van der Waals surface area contributed by atoms with Crippen LogP contribution in [0.15, 0.2) is 12.2 Å². The number of ketones is 1. The van der Waals surface area contributed by atoms with Gasteiger partial charge < -0.3 is 15.0 Å². The van der Waals surface area contributed by atoms with Gasteiger partial charge in [0.25, 0.3) is 0 Å². The molecule has 1 aliphatic carbocycles. The summed E-state index contributed by atoms with van der Waals surface area (Å²) < 4.78 is 0. The SMILES string of the molecule is CC(=O)CCCC(=O)O.O=C(O)CCCCCCCCCCCCC1C=CCC1. The lowest BCUT2D eigenvalue weighted by atomic mass is 9.99. The first-order valence-electron chi connectivity index (χ1n) is 11.5. The molecule has 0 radical (unpaired) electrons. The summed E-state index contributed by atoms with van der Waals surface area (Å²) in [5.74, 6) is -0.550. The lowest BCUT2D eigenvalue weighted by Gasteiger charge is -2.06. The second-order valence-corrected chi connectivity index (χ2v) is 8.18. The topological polar surface area (TPSA) is 91.7 Å². The molecule has 0 aromatic rings. The summed E-state index contributed by atoms with van der Waals surface area (Å²) in [4.78, 5) is 30.4. The summed E-state index contributed by atoms with van der Waals surface area (Å²) in [6, 6.07) is 0. The number of aliphatic carboxylic acids is 2. The van der Waals surface area contributed by atoms with Crippen molar-refractivity contribution < 1.29 is 24.6 Å². The van der Waals surface area contributed by atoms with Gasteiger partial charge >= 0.3 is 11.9 Å². The van der Waals surface area contributed by atoms with Gasteiger partial charge in [0, 0.05) is 19.3 Å². The lowest BCUT2D eigenvalue weighted by molar-refractivity contribution is -0.138. The molecule has 29 heavy (non-hydrogen) atoms. The van der Waals surface area contributed by atoms with Crippen molar-refractivity contribution in [2.24, 2.45) is 5.92 Å². The molecule has 1 aliphatic rings. The molecule has 0 fully saturated rings. The fourth-order valence-electron chi connectivity index (χ4n) is 3.52. The minimum atomic E-state index is -0.837. The maximum absolute atomic E-state index is 10.3. The van der Waals surface area contributed by atoms with Crippen LogP contribution in [0.25, 0.3) is 0 Å². The van der Waals surface area contributed by atoms with E-state index in [1.165, 1.54) is 77.6 Å². The van der Waals surface area contributed by atoms with Crippen LogP contribution in [0.2, 0.25) is 0 Å². The zero-order chi connectivity index (χ0) is 21.7. The van der Waals surface area contributed by atoms with Crippen LogP contribution >= 0.6 is 0 Å². The largest absolute Gasteiger partial charge is 0.481 e. The van der Waals surface area contributed by atoms with E-state index in [4.69, 9.17) is 10.2 Å². The average molecular weight is 411 g/mol. The molecule has 0 spiro atoms. The lowest BCUT2D eigenvalue weighted by Crippen LogP contribution is -1.96. The molecule has 0 aliphatic heterocycles. The van der Waals surface area contributed by atoms with Gasteiger partial charge in [0.05, 0.1) is 0 Å². The van der Waals surface area contributed by atoms with Crippen molar-refractivity contribution in [3.05, 3.63) is 12.2 Å². The maximum atomic E-state index is 10.3. The molecule has 0 heterocycles. The molecule has 0 aromatic carbocycles. The molecule has 168 valence electrons. The van der Waals surface area contributed by atoms with E-state index >= 15 is 0 Å². The van der Waals surface area contributed by atoms with E-state index in [0.717, 1.165) is 18.8 Å². The Morgan fingerprint density at radius 1 is 0.724 bits per heavy atom. The average Bonchev–Trinajstić information content (AvgIpc) is 3.16. The molecule has 2 N–H and O–H groups in total. The number of carbonyl (C=O) groups is 3. The predicted octanol–water partition coefficient (Wildman–Crippen LogP) is 6.55. The molecule has 1 atom stereocenters. The highest BCUT2D eigenvalue weighted by Crippen LogP contribution is 2.23. The van der Waals surface area contributed by atoms with Crippen molar-refractivity contribution in [1.82, 2.24) is 0 Å². The fourth-order valence-corrected chi connectivity index (χ4v) is 3.52. The predicted molar refractivity (Wildman–Crippen MR) is 117 cm³/mol. The van der Waals surface area contributed by atoms with Crippen molar-refractivity contribution in [2.45, 2.75) is 116 Å². The standard InChI is InChI=1S/C18H32O2.C6H10O3/c19-18(20)16-10-8-6-4-2-1-3-5-7-9-13-17-14-11-12-15-17;1-5(7)3-2-4-6(8)9/h11,14,17H,1-10,12-13,15-16H2,(H,19,20);2-4H2,1H3,(H,8,9). The van der Waals surface area contributed by atoms with Crippen molar-refractivity contribution in [3.8, 4) is 0 Å². The number of Topliss-reactive ketones (excluding diaryl/α,β-unsaturated/α-hetero) is 1. The van der Waals surface area contributed by atoms with E-state index in [0.29, 0.717) is 19.3 Å². The second kappa shape index (κ2) is 19.7. The van der Waals surface area contributed by atoms with Gasteiger partial charge in [0.2, 0.25) is 0 Å². The summed E-state index contributed by atoms with van der Waals surface area (Å²) in [6.07, 6.45) is 22.8. The summed E-state index contributed by atoms with van der Waals surface area (Å²) in [5, 5.41) is 16.6. The van der Waals surface area contributed by atoms with Crippen LogP contribution in [0.1, 0.15) is 116 Å². The van der Waals surface area contributed by atoms with Gasteiger partial charge in [-0.25, -0.2) is 0 Å². The summed E-state index contributed by atoms with van der Waals surface area (Å²) in [5.41, 5.74) is 0. The van der Waals surface area contributed by atoms with E-state index in [2.05, 4.69) is 12.2 Å². The van der Waals surface area contributed by atoms with Crippen LogP contribution in [0.3, 0.4) is 0 Å². The molecular weight excluding hydrogens is 368 g/mol. The van der Waals surface area contributed by atoms with Crippen LogP contribution in [-0.2, 0) is 14.4 Å². The van der Waals surface area contributed by atoms with E-state index in [1.807, 2.05) is 0 Å². The molecule has 0 aromatic heterocycles. The molecule has 0 saturated carbocycles. The first-order valence-corrected chi connectivity index (χ1v) is 11.5. The number of carboxylic acids is 2. The number of rotatable bonds is 17. The van der Waals surface area contributed by atoms with Crippen molar-refractivity contribution >= 4 is 17.7 Å². The van der Waals surface area contributed by atoms with Gasteiger partial charge in [-0.3, -0.25) is 9.59 Å². The van der Waals surface area contributed by atoms with Crippen LogP contribution in [0, 0.1) is 5.92 Å². The quantitative estimate of drug-likeness (QED) is 0.209. The van der Waals surface area contributed by atoms with Crippen LogP contribution in [0.5, 0.6) is 0 Å². The third-order valence-corrected chi connectivity index (χ3v) is 5.25. The molecule has 5 heteroatoms. The number of carbonyl (C=O) groups excluding carboxylic acids is 1. The van der Waals surface area contributed by atoms with Crippen LogP contribution < -0.4 is 0 Å². The summed E-state index contributed by atoms with van der Waals surface area (Å²) in [7, 11) is 0. The van der Waals surface area contributed by atoms with Crippen LogP contribution in [0.4, 0.5) is 0 Å². The molecule has 5 nitrogen and oxygen atoms in total.